The van der Waals surface area contributed by atoms with Gasteiger partial charge in [-0.1, -0.05) is 18.2 Å². The molecule has 8 heteroatoms. The van der Waals surface area contributed by atoms with Gasteiger partial charge in [0, 0.05) is 5.69 Å². The molecule has 0 fully saturated rings. The zero-order chi connectivity index (χ0) is 18.1. The molecule has 1 aromatic heterocycles. The van der Waals surface area contributed by atoms with Crippen LogP contribution in [0.25, 0.3) is 5.69 Å². The van der Waals surface area contributed by atoms with Gasteiger partial charge in [0.15, 0.2) is 11.8 Å². The Balaban J connectivity index is 1.51. The molecular formula is C18H15N5O3. The van der Waals surface area contributed by atoms with Crippen molar-refractivity contribution in [2.75, 3.05) is 10.6 Å². The monoisotopic (exact) mass is 349 g/mol. The summed E-state index contributed by atoms with van der Waals surface area (Å²) in [6.45, 7) is 1.67. The summed E-state index contributed by atoms with van der Waals surface area (Å²) in [4.78, 5) is 25.5. The maximum Gasteiger partial charge on any atom is 0.277 e. The third-order valence-corrected chi connectivity index (χ3v) is 3.88. The second-order valence-electron chi connectivity index (χ2n) is 5.77. The summed E-state index contributed by atoms with van der Waals surface area (Å²) >= 11 is 0. The predicted molar refractivity (Wildman–Crippen MR) is 94.5 cm³/mol. The van der Waals surface area contributed by atoms with Gasteiger partial charge >= 0.3 is 0 Å². The zero-order valence-electron chi connectivity index (χ0n) is 13.8. The number of amides is 2. The van der Waals surface area contributed by atoms with Gasteiger partial charge in [0.25, 0.3) is 11.8 Å². The van der Waals surface area contributed by atoms with Gasteiger partial charge in [0.2, 0.25) is 0 Å². The van der Waals surface area contributed by atoms with E-state index in [0.29, 0.717) is 17.1 Å². The minimum absolute atomic E-state index is 0.181. The molecule has 1 aliphatic heterocycles. The Morgan fingerprint density at radius 3 is 2.85 bits per heavy atom. The van der Waals surface area contributed by atoms with E-state index in [2.05, 4.69) is 20.8 Å². The maximum absolute atomic E-state index is 12.4. The molecule has 1 atom stereocenters. The number of nitrogens with zero attached hydrogens (tertiary/aromatic N) is 3. The summed E-state index contributed by atoms with van der Waals surface area (Å²) in [7, 11) is 0. The Bertz CT molecular complexity index is 984. The number of carbonyl (C=O) groups excluding carboxylic acids is 2. The van der Waals surface area contributed by atoms with E-state index in [1.54, 1.807) is 25.1 Å². The van der Waals surface area contributed by atoms with E-state index >= 15 is 0 Å². The molecule has 26 heavy (non-hydrogen) atoms. The average molecular weight is 349 g/mol. The molecular weight excluding hydrogens is 334 g/mol. The molecule has 0 saturated heterocycles. The summed E-state index contributed by atoms with van der Waals surface area (Å²) < 4.78 is 5.49. The van der Waals surface area contributed by atoms with Crippen molar-refractivity contribution in [1.29, 1.82) is 0 Å². The largest absolute Gasteiger partial charge is 0.479 e. The smallest absolute Gasteiger partial charge is 0.277 e. The van der Waals surface area contributed by atoms with Gasteiger partial charge in [-0.3, -0.25) is 9.59 Å². The highest BCUT2D eigenvalue weighted by atomic mass is 16.5. The number of carbonyl (C=O) groups is 2. The molecule has 0 radical (unpaired) electrons. The van der Waals surface area contributed by atoms with Crippen LogP contribution < -0.4 is 15.4 Å². The number of rotatable bonds is 3. The van der Waals surface area contributed by atoms with E-state index in [1.807, 2.05) is 30.3 Å². The molecule has 130 valence electrons. The topological polar surface area (TPSA) is 98.1 Å². The lowest BCUT2D eigenvalue weighted by molar-refractivity contribution is -0.122. The molecule has 2 heterocycles. The van der Waals surface area contributed by atoms with Gasteiger partial charge in [-0.25, -0.2) is 0 Å². The first kappa shape index (κ1) is 15.8. The number of benzene rings is 2. The van der Waals surface area contributed by atoms with E-state index in [9.17, 15) is 9.59 Å². The van der Waals surface area contributed by atoms with E-state index < -0.39 is 12.0 Å². The summed E-state index contributed by atoms with van der Waals surface area (Å²) in [6.07, 6.45) is 0.851. The fourth-order valence-electron chi connectivity index (χ4n) is 2.53. The summed E-state index contributed by atoms with van der Waals surface area (Å²) in [5.41, 5.74) is 1.97. The van der Waals surface area contributed by atoms with Gasteiger partial charge < -0.3 is 15.4 Å². The van der Waals surface area contributed by atoms with Crippen LogP contribution in [0.2, 0.25) is 0 Å². The molecule has 1 aliphatic rings. The summed E-state index contributed by atoms with van der Waals surface area (Å²) in [5.74, 6) is -0.0690. The molecule has 0 saturated carbocycles. The van der Waals surface area contributed by atoms with Crippen molar-refractivity contribution in [3.8, 4) is 11.4 Å². The fourth-order valence-corrected chi connectivity index (χ4v) is 2.53. The summed E-state index contributed by atoms with van der Waals surface area (Å²) in [6, 6.07) is 14.3. The fraction of sp³-hybridized carbons (Fsp3) is 0.111. The molecule has 0 unspecified atom stereocenters. The highest BCUT2D eigenvalue weighted by molar-refractivity contribution is 6.04. The highest BCUT2D eigenvalue weighted by Gasteiger charge is 2.23. The van der Waals surface area contributed by atoms with E-state index in [-0.39, 0.29) is 11.6 Å². The standard InChI is InChI=1S/C18H15N5O3/c1-11-17(24)21-14-9-12(7-8-16(14)26-11)20-18(25)15-10-19-23(22-15)13-5-3-2-4-6-13/h2-11H,1H3,(H,20,25)(H,21,24)/t11-/m1/s1. The van der Waals surface area contributed by atoms with Crippen molar-refractivity contribution in [2.45, 2.75) is 13.0 Å². The predicted octanol–water partition coefficient (Wildman–Crippen LogP) is 2.24. The summed E-state index contributed by atoms with van der Waals surface area (Å²) in [5, 5.41) is 13.8. The lowest BCUT2D eigenvalue weighted by atomic mass is 10.2. The second kappa shape index (κ2) is 6.32. The number of fused-ring (bicyclic) bond motifs is 1. The van der Waals surface area contributed by atoms with E-state index in [0.717, 1.165) is 5.69 Å². The molecule has 2 amide bonds. The molecule has 2 aromatic carbocycles. The third-order valence-electron chi connectivity index (χ3n) is 3.88. The van der Waals surface area contributed by atoms with Crippen molar-refractivity contribution >= 4 is 23.2 Å². The lowest BCUT2D eigenvalue weighted by Crippen LogP contribution is -2.34. The van der Waals surface area contributed by atoms with Crippen LogP contribution in [0.4, 0.5) is 11.4 Å². The first-order valence-electron chi connectivity index (χ1n) is 8.01. The number of para-hydroxylation sites is 1. The molecule has 0 aliphatic carbocycles. The van der Waals surface area contributed by atoms with Gasteiger partial charge in [-0.15, -0.1) is 5.10 Å². The number of hydrogen-bond donors (Lipinski definition) is 2. The number of ether oxygens (including phenoxy) is 1. The number of nitrogens with one attached hydrogen (secondary N) is 2. The van der Waals surface area contributed by atoms with Crippen molar-refractivity contribution in [3.63, 3.8) is 0 Å². The first-order valence-corrected chi connectivity index (χ1v) is 8.01. The lowest BCUT2D eigenvalue weighted by Gasteiger charge is -2.23. The second-order valence-corrected chi connectivity index (χ2v) is 5.77. The van der Waals surface area contributed by atoms with Crippen LogP contribution in [-0.4, -0.2) is 32.9 Å². The SMILES string of the molecule is C[C@H]1Oc2ccc(NC(=O)c3cnn(-c4ccccc4)n3)cc2NC1=O. The quantitative estimate of drug-likeness (QED) is 0.756. The minimum atomic E-state index is -0.545. The Hall–Kier alpha value is -3.68. The van der Waals surface area contributed by atoms with Crippen LogP contribution in [0.5, 0.6) is 5.75 Å². The van der Waals surface area contributed by atoms with E-state index in [1.165, 1.54) is 11.0 Å². The maximum atomic E-state index is 12.4. The normalized spacial score (nSPS) is 15.6. The van der Waals surface area contributed by atoms with Crippen molar-refractivity contribution in [3.05, 3.63) is 60.4 Å². The zero-order valence-corrected chi connectivity index (χ0v) is 13.8. The number of anilines is 2. The third kappa shape index (κ3) is 3.00. The van der Waals surface area contributed by atoms with Crippen molar-refractivity contribution in [1.82, 2.24) is 15.0 Å². The van der Waals surface area contributed by atoms with Crippen LogP contribution in [-0.2, 0) is 4.79 Å². The Morgan fingerprint density at radius 1 is 1.23 bits per heavy atom. The van der Waals surface area contributed by atoms with Crippen LogP contribution in [0.15, 0.2) is 54.7 Å². The van der Waals surface area contributed by atoms with Gasteiger partial charge in [0.1, 0.15) is 5.75 Å². The van der Waals surface area contributed by atoms with Crippen LogP contribution >= 0.6 is 0 Å². The van der Waals surface area contributed by atoms with Crippen LogP contribution in [0.3, 0.4) is 0 Å². The van der Waals surface area contributed by atoms with E-state index in [4.69, 9.17) is 4.74 Å². The molecule has 0 bridgehead atoms. The van der Waals surface area contributed by atoms with Crippen molar-refractivity contribution in [2.24, 2.45) is 0 Å². The minimum Gasteiger partial charge on any atom is -0.479 e. The van der Waals surface area contributed by atoms with Crippen molar-refractivity contribution < 1.29 is 14.3 Å². The Kier molecular flexibility index (Phi) is 3.85. The molecule has 0 spiro atoms. The average Bonchev–Trinajstić information content (AvgIpc) is 3.14. The van der Waals surface area contributed by atoms with Crippen LogP contribution in [0.1, 0.15) is 17.4 Å². The highest BCUT2D eigenvalue weighted by Crippen LogP contribution is 2.32. The van der Waals surface area contributed by atoms with Gasteiger partial charge in [-0.2, -0.15) is 9.90 Å². The Labute approximate surface area is 148 Å². The Morgan fingerprint density at radius 2 is 2.04 bits per heavy atom. The number of hydrogen-bond acceptors (Lipinski definition) is 5. The van der Waals surface area contributed by atoms with Crippen LogP contribution in [0, 0.1) is 0 Å². The van der Waals surface area contributed by atoms with Gasteiger partial charge in [0.05, 0.1) is 17.6 Å². The molecule has 8 nitrogen and oxygen atoms in total. The molecule has 2 N–H and O–H groups in total. The number of aromatic nitrogens is 3. The van der Waals surface area contributed by atoms with Gasteiger partial charge in [-0.05, 0) is 37.3 Å². The molecule has 3 aromatic rings. The molecule has 4 rings (SSSR count). The first-order chi connectivity index (χ1) is 12.6.